The lowest BCUT2D eigenvalue weighted by atomic mass is 10.1. The number of benzene rings is 2. The molecule has 0 radical (unpaired) electrons. The van der Waals surface area contributed by atoms with Gasteiger partial charge in [-0.25, -0.2) is 0 Å². The van der Waals surface area contributed by atoms with Gasteiger partial charge in [-0.2, -0.15) is 0 Å². The van der Waals surface area contributed by atoms with Crippen molar-refractivity contribution in [2.24, 2.45) is 0 Å². The van der Waals surface area contributed by atoms with E-state index < -0.39 is 0 Å². The van der Waals surface area contributed by atoms with Gasteiger partial charge >= 0.3 is 0 Å². The molecule has 2 rings (SSSR count). The minimum atomic E-state index is -0.129. The van der Waals surface area contributed by atoms with Crippen molar-refractivity contribution in [1.29, 1.82) is 0 Å². The zero-order chi connectivity index (χ0) is 17.4. The Hall–Kier alpha value is -2.75. The van der Waals surface area contributed by atoms with Crippen molar-refractivity contribution in [3.8, 4) is 11.5 Å². The van der Waals surface area contributed by atoms with Crippen LogP contribution >= 0.6 is 0 Å². The summed E-state index contributed by atoms with van der Waals surface area (Å²) >= 11 is 0. The number of carbonyl (C=O) groups excluding carboxylic acids is 1. The van der Waals surface area contributed by atoms with Gasteiger partial charge in [0.2, 0.25) is 0 Å². The lowest BCUT2D eigenvalue weighted by Gasteiger charge is -2.11. The highest BCUT2D eigenvalue weighted by Gasteiger charge is 2.09. The molecule has 0 heterocycles. The number of hydrogen-bond acceptors (Lipinski definition) is 3. The quantitative estimate of drug-likeness (QED) is 0.596. The van der Waals surface area contributed by atoms with Crippen molar-refractivity contribution in [2.75, 3.05) is 20.3 Å². The molecule has 0 aromatic heterocycles. The fraction of sp³-hybridized carbons (Fsp3) is 0.250. The molecule has 0 fully saturated rings. The Morgan fingerprint density at radius 3 is 2.62 bits per heavy atom. The molecule has 1 N–H and O–H groups in total. The summed E-state index contributed by atoms with van der Waals surface area (Å²) in [5, 5.41) is 2.86. The molecule has 0 spiro atoms. The minimum absolute atomic E-state index is 0.129. The second-order valence-corrected chi connectivity index (χ2v) is 5.44. The predicted molar refractivity (Wildman–Crippen MR) is 95.9 cm³/mol. The van der Waals surface area contributed by atoms with Gasteiger partial charge in [-0.1, -0.05) is 23.8 Å². The van der Waals surface area contributed by atoms with Gasteiger partial charge in [0.25, 0.3) is 5.91 Å². The summed E-state index contributed by atoms with van der Waals surface area (Å²) in [5.41, 5.74) is 2.73. The maximum absolute atomic E-state index is 12.2. The fourth-order valence-corrected chi connectivity index (χ4v) is 2.30. The van der Waals surface area contributed by atoms with Gasteiger partial charge in [0, 0.05) is 5.56 Å². The number of ether oxygens (including phenoxy) is 2. The SMILES string of the molecule is C=CCc1cc(C(=O)NCCOc2ccc(C)cc2)ccc1OC. The van der Waals surface area contributed by atoms with Crippen LogP contribution in [0.3, 0.4) is 0 Å². The van der Waals surface area contributed by atoms with Crippen LogP contribution < -0.4 is 14.8 Å². The van der Waals surface area contributed by atoms with Gasteiger partial charge in [-0.05, 0) is 49.2 Å². The Morgan fingerprint density at radius 1 is 1.21 bits per heavy atom. The molecule has 0 saturated carbocycles. The Bertz CT molecular complexity index is 693. The monoisotopic (exact) mass is 325 g/mol. The third kappa shape index (κ3) is 4.88. The molecule has 2 aromatic carbocycles. The van der Waals surface area contributed by atoms with Crippen LogP contribution in [-0.4, -0.2) is 26.2 Å². The first kappa shape index (κ1) is 17.6. The molecule has 0 aliphatic carbocycles. The normalized spacial score (nSPS) is 10.1. The third-order valence-electron chi connectivity index (χ3n) is 3.58. The van der Waals surface area contributed by atoms with Gasteiger partial charge in [0.05, 0.1) is 13.7 Å². The summed E-state index contributed by atoms with van der Waals surface area (Å²) in [6.45, 7) is 6.62. The fourth-order valence-electron chi connectivity index (χ4n) is 2.30. The van der Waals surface area contributed by atoms with E-state index in [-0.39, 0.29) is 5.91 Å². The first-order valence-corrected chi connectivity index (χ1v) is 7.89. The largest absolute Gasteiger partial charge is 0.496 e. The Labute approximate surface area is 143 Å². The van der Waals surface area contributed by atoms with Crippen LogP contribution in [0.15, 0.2) is 55.1 Å². The maximum Gasteiger partial charge on any atom is 0.251 e. The molecule has 0 aliphatic rings. The van der Waals surface area contributed by atoms with Gasteiger partial charge in [-0.15, -0.1) is 6.58 Å². The van der Waals surface area contributed by atoms with E-state index in [2.05, 4.69) is 11.9 Å². The van der Waals surface area contributed by atoms with E-state index in [1.165, 1.54) is 5.56 Å². The highest BCUT2D eigenvalue weighted by atomic mass is 16.5. The molecule has 2 aromatic rings. The van der Waals surface area contributed by atoms with Crippen molar-refractivity contribution >= 4 is 5.91 Å². The van der Waals surface area contributed by atoms with Crippen LogP contribution in [0.5, 0.6) is 11.5 Å². The predicted octanol–water partition coefficient (Wildman–Crippen LogP) is 3.54. The molecular weight excluding hydrogens is 302 g/mol. The number of nitrogens with one attached hydrogen (secondary N) is 1. The molecule has 126 valence electrons. The van der Waals surface area contributed by atoms with Crippen molar-refractivity contribution in [3.05, 3.63) is 71.8 Å². The summed E-state index contributed by atoms with van der Waals surface area (Å²) in [6.07, 6.45) is 2.44. The summed E-state index contributed by atoms with van der Waals surface area (Å²) in [6, 6.07) is 13.2. The molecule has 1 amide bonds. The van der Waals surface area contributed by atoms with E-state index in [9.17, 15) is 4.79 Å². The van der Waals surface area contributed by atoms with Crippen LogP contribution in [0.4, 0.5) is 0 Å². The topological polar surface area (TPSA) is 47.6 Å². The molecule has 0 unspecified atom stereocenters. The lowest BCUT2D eigenvalue weighted by molar-refractivity contribution is 0.0947. The lowest BCUT2D eigenvalue weighted by Crippen LogP contribution is -2.28. The number of methoxy groups -OCH3 is 1. The molecule has 0 bridgehead atoms. The molecule has 4 heteroatoms. The molecule has 24 heavy (non-hydrogen) atoms. The third-order valence-corrected chi connectivity index (χ3v) is 3.58. The molecule has 0 saturated heterocycles. The summed E-state index contributed by atoms with van der Waals surface area (Å²) in [7, 11) is 1.62. The number of carbonyl (C=O) groups is 1. The number of hydrogen-bond donors (Lipinski definition) is 1. The second kappa shape index (κ2) is 8.77. The first-order valence-electron chi connectivity index (χ1n) is 7.89. The Balaban J connectivity index is 1.86. The van der Waals surface area contributed by atoms with Crippen molar-refractivity contribution in [3.63, 3.8) is 0 Å². The number of amides is 1. The zero-order valence-electron chi connectivity index (χ0n) is 14.2. The highest BCUT2D eigenvalue weighted by Crippen LogP contribution is 2.20. The maximum atomic E-state index is 12.2. The van der Waals surface area contributed by atoms with E-state index in [0.717, 1.165) is 17.1 Å². The molecule has 0 aliphatic heterocycles. The molecular formula is C20H23NO3. The van der Waals surface area contributed by atoms with E-state index >= 15 is 0 Å². The summed E-state index contributed by atoms with van der Waals surface area (Å²) in [5.74, 6) is 1.43. The smallest absolute Gasteiger partial charge is 0.251 e. The van der Waals surface area contributed by atoms with E-state index in [4.69, 9.17) is 9.47 Å². The van der Waals surface area contributed by atoms with Crippen LogP contribution in [0.1, 0.15) is 21.5 Å². The standard InChI is InChI=1S/C20H23NO3/c1-4-5-16-14-17(8-11-19(16)23-3)20(22)21-12-13-24-18-9-6-15(2)7-10-18/h4,6-11,14H,1,5,12-13H2,2-3H3,(H,21,22). The summed E-state index contributed by atoms with van der Waals surface area (Å²) in [4.78, 5) is 12.2. The number of rotatable bonds is 8. The van der Waals surface area contributed by atoms with Crippen LogP contribution in [-0.2, 0) is 6.42 Å². The Morgan fingerprint density at radius 2 is 1.96 bits per heavy atom. The summed E-state index contributed by atoms with van der Waals surface area (Å²) < 4.78 is 10.9. The van der Waals surface area contributed by atoms with Crippen LogP contribution in [0.2, 0.25) is 0 Å². The van der Waals surface area contributed by atoms with E-state index in [0.29, 0.717) is 25.1 Å². The van der Waals surface area contributed by atoms with Crippen molar-refractivity contribution in [1.82, 2.24) is 5.32 Å². The van der Waals surface area contributed by atoms with Gasteiger partial charge in [0.15, 0.2) is 0 Å². The van der Waals surface area contributed by atoms with Gasteiger partial charge in [0.1, 0.15) is 18.1 Å². The number of aryl methyl sites for hydroxylation is 1. The minimum Gasteiger partial charge on any atom is -0.496 e. The number of allylic oxidation sites excluding steroid dienone is 1. The second-order valence-electron chi connectivity index (χ2n) is 5.44. The zero-order valence-corrected chi connectivity index (χ0v) is 14.2. The molecule has 4 nitrogen and oxygen atoms in total. The average molecular weight is 325 g/mol. The van der Waals surface area contributed by atoms with Gasteiger partial charge < -0.3 is 14.8 Å². The first-order chi connectivity index (χ1) is 11.6. The van der Waals surface area contributed by atoms with Crippen LogP contribution in [0, 0.1) is 6.92 Å². The van der Waals surface area contributed by atoms with Gasteiger partial charge in [-0.3, -0.25) is 4.79 Å². The highest BCUT2D eigenvalue weighted by molar-refractivity contribution is 5.94. The van der Waals surface area contributed by atoms with Crippen LogP contribution in [0.25, 0.3) is 0 Å². The van der Waals surface area contributed by atoms with Crippen molar-refractivity contribution < 1.29 is 14.3 Å². The van der Waals surface area contributed by atoms with E-state index in [1.54, 1.807) is 25.3 Å². The average Bonchev–Trinajstić information content (AvgIpc) is 2.60. The molecule has 0 atom stereocenters. The Kier molecular flexibility index (Phi) is 6.43. The van der Waals surface area contributed by atoms with E-state index in [1.807, 2.05) is 37.3 Å². The van der Waals surface area contributed by atoms with Crippen molar-refractivity contribution in [2.45, 2.75) is 13.3 Å².